The molecule has 20 heavy (non-hydrogen) atoms. The van der Waals surface area contributed by atoms with Crippen molar-refractivity contribution in [3.8, 4) is 0 Å². The molecule has 0 heterocycles. The highest BCUT2D eigenvalue weighted by Gasteiger charge is 2.27. The Kier molecular flexibility index (Phi) is 7.20. The Labute approximate surface area is 127 Å². The van der Waals surface area contributed by atoms with E-state index in [1.165, 1.54) is 0 Å². The van der Waals surface area contributed by atoms with Crippen molar-refractivity contribution < 1.29 is 9.90 Å². The molecule has 0 aliphatic carbocycles. The molecule has 4 nitrogen and oxygen atoms in total. The van der Waals surface area contributed by atoms with Crippen molar-refractivity contribution in [2.45, 2.75) is 39.8 Å². The van der Waals surface area contributed by atoms with Gasteiger partial charge in [-0.15, -0.1) is 12.4 Å². The molecule has 4 N–H and O–H groups in total. The fraction of sp³-hybridized carbons (Fsp3) is 0.533. The molecule has 0 saturated carbocycles. The minimum atomic E-state index is -0.711. The van der Waals surface area contributed by atoms with Gasteiger partial charge in [0.1, 0.15) is 0 Å². The van der Waals surface area contributed by atoms with Gasteiger partial charge < -0.3 is 16.2 Å². The standard InChI is InChI=1S/C15H24N2O2.ClH/c1-10-5-7-11(8-6-10)12(18)9-17-14(19)13(16)15(2,3)4;/h5-8,12-13,18H,9,16H2,1-4H3,(H,17,19);1H/t12?,13-;/m1./s1. The second kappa shape index (κ2) is 7.62. The van der Waals surface area contributed by atoms with E-state index >= 15 is 0 Å². The molecule has 0 fully saturated rings. The van der Waals surface area contributed by atoms with Crippen molar-refractivity contribution in [2.24, 2.45) is 11.1 Å². The molecule has 0 spiro atoms. The van der Waals surface area contributed by atoms with Gasteiger partial charge in [0.15, 0.2) is 0 Å². The number of amides is 1. The van der Waals surface area contributed by atoms with Crippen LogP contribution in [0.15, 0.2) is 24.3 Å². The van der Waals surface area contributed by atoms with E-state index in [4.69, 9.17) is 5.73 Å². The van der Waals surface area contributed by atoms with Crippen molar-refractivity contribution in [3.05, 3.63) is 35.4 Å². The van der Waals surface area contributed by atoms with Gasteiger partial charge in [0.2, 0.25) is 5.91 Å². The molecule has 0 aliphatic heterocycles. The number of hydrogen-bond donors (Lipinski definition) is 3. The number of rotatable bonds is 4. The van der Waals surface area contributed by atoms with Crippen LogP contribution in [0.4, 0.5) is 0 Å². The predicted octanol–water partition coefficient (Wildman–Crippen LogP) is 1.94. The van der Waals surface area contributed by atoms with E-state index in [0.29, 0.717) is 0 Å². The first-order valence-corrected chi connectivity index (χ1v) is 6.49. The average Bonchev–Trinajstić information content (AvgIpc) is 2.34. The zero-order valence-corrected chi connectivity index (χ0v) is 13.3. The van der Waals surface area contributed by atoms with Gasteiger partial charge in [-0.1, -0.05) is 50.6 Å². The summed E-state index contributed by atoms with van der Waals surface area (Å²) in [7, 11) is 0. The number of nitrogens with two attached hydrogens (primary N) is 1. The predicted molar refractivity (Wildman–Crippen MR) is 83.8 cm³/mol. The first kappa shape index (κ1) is 18.9. The Bertz CT molecular complexity index is 426. The quantitative estimate of drug-likeness (QED) is 0.795. The van der Waals surface area contributed by atoms with Gasteiger partial charge in [-0.3, -0.25) is 4.79 Å². The van der Waals surface area contributed by atoms with Crippen LogP contribution in [0.3, 0.4) is 0 Å². The SMILES string of the molecule is Cc1ccc(C(O)CNC(=O)[C@@H](N)C(C)(C)C)cc1.Cl. The number of nitrogens with one attached hydrogen (secondary N) is 1. The average molecular weight is 301 g/mol. The van der Waals surface area contributed by atoms with Crippen LogP contribution in [0.25, 0.3) is 0 Å². The Morgan fingerprint density at radius 1 is 1.30 bits per heavy atom. The third-order valence-electron chi connectivity index (χ3n) is 3.15. The molecule has 5 heteroatoms. The van der Waals surface area contributed by atoms with Crippen molar-refractivity contribution in [1.29, 1.82) is 0 Å². The lowest BCUT2D eigenvalue weighted by atomic mass is 9.87. The van der Waals surface area contributed by atoms with E-state index < -0.39 is 12.1 Å². The zero-order chi connectivity index (χ0) is 14.6. The molecular weight excluding hydrogens is 276 g/mol. The maximum atomic E-state index is 11.8. The van der Waals surface area contributed by atoms with Crippen LogP contribution in [0, 0.1) is 12.3 Å². The fourth-order valence-corrected chi connectivity index (χ4v) is 1.61. The first-order valence-electron chi connectivity index (χ1n) is 6.49. The fourth-order valence-electron chi connectivity index (χ4n) is 1.61. The van der Waals surface area contributed by atoms with E-state index in [-0.39, 0.29) is 30.3 Å². The lowest BCUT2D eigenvalue weighted by molar-refractivity contribution is -0.125. The maximum Gasteiger partial charge on any atom is 0.237 e. The van der Waals surface area contributed by atoms with E-state index in [1.807, 2.05) is 52.0 Å². The number of aryl methyl sites for hydroxylation is 1. The van der Waals surface area contributed by atoms with Crippen LogP contribution >= 0.6 is 12.4 Å². The lowest BCUT2D eigenvalue weighted by Crippen LogP contribution is -2.49. The highest BCUT2D eigenvalue weighted by atomic mass is 35.5. The molecule has 1 amide bonds. The minimum absolute atomic E-state index is 0. The second-order valence-corrected chi connectivity index (χ2v) is 6.02. The number of halogens is 1. The Morgan fingerprint density at radius 2 is 1.80 bits per heavy atom. The highest BCUT2D eigenvalue weighted by Crippen LogP contribution is 2.18. The van der Waals surface area contributed by atoms with Crippen LogP contribution in [0.5, 0.6) is 0 Å². The van der Waals surface area contributed by atoms with Gasteiger partial charge in [0.05, 0.1) is 12.1 Å². The molecule has 0 saturated heterocycles. The van der Waals surface area contributed by atoms with Gasteiger partial charge >= 0.3 is 0 Å². The van der Waals surface area contributed by atoms with E-state index in [1.54, 1.807) is 0 Å². The summed E-state index contributed by atoms with van der Waals surface area (Å²) in [6.45, 7) is 7.89. The molecule has 114 valence electrons. The van der Waals surface area contributed by atoms with Crippen molar-refractivity contribution in [3.63, 3.8) is 0 Å². The van der Waals surface area contributed by atoms with Crippen molar-refractivity contribution in [1.82, 2.24) is 5.32 Å². The number of aliphatic hydroxyl groups is 1. The third kappa shape index (κ3) is 5.49. The van der Waals surface area contributed by atoms with Crippen LogP contribution < -0.4 is 11.1 Å². The number of hydrogen-bond acceptors (Lipinski definition) is 3. The van der Waals surface area contributed by atoms with E-state index in [2.05, 4.69) is 5.32 Å². The second-order valence-electron chi connectivity index (χ2n) is 6.02. The van der Waals surface area contributed by atoms with Gasteiger partial charge in [0, 0.05) is 6.54 Å². The molecule has 0 bridgehead atoms. The molecule has 1 rings (SSSR count). The van der Waals surface area contributed by atoms with Crippen LogP contribution in [-0.2, 0) is 4.79 Å². The number of carbonyl (C=O) groups is 1. The van der Waals surface area contributed by atoms with Gasteiger partial charge in [0.25, 0.3) is 0 Å². The monoisotopic (exact) mass is 300 g/mol. The first-order chi connectivity index (χ1) is 8.71. The summed E-state index contributed by atoms with van der Waals surface area (Å²) < 4.78 is 0. The number of aliphatic hydroxyl groups excluding tert-OH is 1. The lowest BCUT2D eigenvalue weighted by Gasteiger charge is -2.26. The van der Waals surface area contributed by atoms with Gasteiger partial charge in [-0.05, 0) is 17.9 Å². The minimum Gasteiger partial charge on any atom is -0.387 e. The molecule has 0 aliphatic rings. The normalized spacial score (nSPS) is 14.1. The third-order valence-corrected chi connectivity index (χ3v) is 3.15. The Balaban J connectivity index is 0.00000361. The largest absolute Gasteiger partial charge is 0.387 e. The molecule has 1 aromatic carbocycles. The Hall–Kier alpha value is -1.10. The summed E-state index contributed by atoms with van der Waals surface area (Å²) in [5.74, 6) is -0.237. The molecule has 0 aromatic heterocycles. The van der Waals surface area contributed by atoms with Crippen molar-refractivity contribution >= 4 is 18.3 Å². The maximum absolute atomic E-state index is 11.8. The topological polar surface area (TPSA) is 75.3 Å². The van der Waals surface area contributed by atoms with E-state index in [0.717, 1.165) is 11.1 Å². The summed E-state index contributed by atoms with van der Waals surface area (Å²) >= 11 is 0. The zero-order valence-electron chi connectivity index (χ0n) is 12.5. The van der Waals surface area contributed by atoms with Gasteiger partial charge in [-0.2, -0.15) is 0 Å². The van der Waals surface area contributed by atoms with Crippen LogP contribution in [0.2, 0.25) is 0 Å². The van der Waals surface area contributed by atoms with Crippen molar-refractivity contribution in [2.75, 3.05) is 6.54 Å². The van der Waals surface area contributed by atoms with Crippen LogP contribution in [-0.4, -0.2) is 23.6 Å². The summed E-state index contributed by atoms with van der Waals surface area (Å²) in [6, 6.07) is 6.99. The summed E-state index contributed by atoms with van der Waals surface area (Å²) in [4.78, 5) is 11.8. The number of carbonyl (C=O) groups excluding carboxylic acids is 1. The Morgan fingerprint density at radius 3 is 2.25 bits per heavy atom. The van der Waals surface area contributed by atoms with Gasteiger partial charge in [-0.25, -0.2) is 0 Å². The molecular formula is C15H25ClN2O2. The highest BCUT2D eigenvalue weighted by molar-refractivity contribution is 5.85. The number of benzene rings is 1. The summed E-state index contributed by atoms with van der Waals surface area (Å²) in [5, 5.41) is 12.7. The summed E-state index contributed by atoms with van der Waals surface area (Å²) in [5.41, 5.74) is 7.47. The molecule has 1 aromatic rings. The summed E-state index contributed by atoms with van der Waals surface area (Å²) in [6.07, 6.45) is -0.711. The molecule has 1 unspecified atom stereocenters. The molecule has 0 radical (unpaired) electrons. The smallest absolute Gasteiger partial charge is 0.237 e. The molecule has 2 atom stereocenters. The van der Waals surface area contributed by atoms with E-state index in [9.17, 15) is 9.90 Å². The van der Waals surface area contributed by atoms with Crippen LogP contribution in [0.1, 0.15) is 38.0 Å².